The lowest BCUT2D eigenvalue weighted by atomic mass is 10.1. The molecule has 0 spiro atoms. The van der Waals surface area contributed by atoms with Crippen molar-refractivity contribution >= 4 is 11.6 Å². The molecule has 0 aliphatic rings. The van der Waals surface area contributed by atoms with Crippen LogP contribution >= 0.6 is 11.6 Å². The van der Waals surface area contributed by atoms with Gasteiger partial charge < -0.3 is 10.5 Å². The minimum atomic E-state index is -0.442. The summed E-state index contributed by atoms with van der Waals surface area (Å²) in [6, 6.07) is 10.4. The molecular weight excluding hydrogens is 289 g/mol. The Labute approximate surface area is 128 Å². The normalized spacial score (nSPS) is 9.90. The molecular formula is C17H15ClFNO. The highest BCUT2D eigenvalue weighted by molar-refractivity contribution is 6.30. The fourth-order valence-corrected chi connectivity index (χ4v) is 2.05. The SMILES string of the molecule is Cc1cc(C#CCN)ccc1OCc1cccc(Cl)c1F. The summed E-state index contributed by atoms with van der Waals surface area (Å²) < 4.78 is 19.4. The Hall–Kier alpha value is -2.02. The molecule has 21 heavy (non-hydrogen) atoms. The lowest BCUT2D eigenvalue weighted by molar-refractivity contribution is 0.298. The summed E-state index contributed by atoms with van der Waals surface area (Å²) in [5.74, 6) is 6.00. The molecule has 0 unspecified atom stereocenters. The third-order valence-electron chi connectivity index (χ3n) is 2.92. The minimum absolute atomic E-state index is 0.0974. The number of benzene rings is 2. The van der Waals surface area contributed by atoms with Crippen LogP contribution in [-0.4, -0.2) is 6.54 Å². The average molecular weight is 304 g/mol. The molecule has 108 valence electrons. The number of rotatable bonds is 3. The van der Waals surface area contributed by atoms with E-state index >= 15 is 0 Å². The fourth-order valence-electron chi connectivity index (χ4n) is 1.86. The van der Waals surface area contributed by atoms with Gasteiger partial charge in [0.15, 0.2) is 0 Å². The first-order valence-electron chi connectivity index (χ1n) is 6.47. The van der Waals surface area contributed by atoms with Gasteiger partial charge in [0.2, 0.25) is 0 Å². The summed E-state index contributed by atoms with van der Waals surface area (Å²) in [6.45, 7) is 2.36. The average Bonchev–Trinajstić information content (AvgIpc) is 2.48. The first kappa shape index (κ1) is 15.4. The highest BCUT2D eigenvalue weighted by Gasteiger charge is 2.07. The zero-order valence-corrected chi connectivity index (χ0v) is 12.4. The highest BCUT2D eigenvalue weighted by atomic mass is 35.5. The number of nitrogens with two attached hydrogens (primary N) is 1. The number of ether oxygens (including phenoxy) is 1. The van der Waals surface area contributed by atoms with Crippen molar-refractivity contribution in [1.82, 2.24) is 0 Å². The molecule has 0 amide bonds. The summed E-state index contributed by atoms with van der Waals surface area (Å²) in [7, 11) is 0. The van der Waals surface area contributed by atoms with E-state index in [0.717, 1.165) is 11.1 Å². The quantitative estimate of drug-likeness (QED) is 0.878. The number of halogens is 2. The summed E-state index contributed by atoms with van der Waals surface area (Å²) in [5.41, 5.74) is 7.57. The van der Waals surface area contributed by atoms with E-state index in [1.165, 1.54) is 6.07 Å². The Bertz CT molecular complexity index is 704. The van der Waals surface area contributed by atoms with E-state index in [1.54, 1.807) is 12.1 Å². The van der Waals surface area contributed by atoms with Crippen LogP contribution in [0.2, 0.25) is 5.02 Å². The number of aryl methyl sites for hydroxylation is 1. The highest BCUT2D eigenvalue weighted by Crippen LogP contribution is 2.22. The molecule has 0 saturated heterocycles. The van der Waals surface area contributed by atoms with Gasteiger partial charge in [-0.05, 0) is 36.8 Å². The number of hydrogen-bond donors (Lipinski definition) is 1. The van der Waals surface area contributed by atoms with Crippen LogP contribution in [-0.2, 0) is 6.61 Å². The van der Waals surface area contributed by atoms with Crippen LogP contribution in [0.25, 0.3) is 0 Å². The molecule has 2 aromatic carbocycles. The topological polar surface area (TPSA) is 35.2 Å². The molecule has 0 aromatic heterocycles. The summed E-state index contributed by atoms with van der Waals surface area (Å²) in [5, 5.41) is 0.0974. The van der Waals surface area contributed by atoms with Crippen molar-refractivity contribution in [1.29, 1.82) is 0 Å². The maximum atomic E-state index is 13.8. The van der Waals surface area contributed by atoms with Gasteiger partial charge in [-0.1, -0.05) is 35.6 Å². The van der Waals surface area contributed by atoms with Crippen LogP contribution in [0.3, 0.4) is 0 Å². The van der Waals surface area contributed by atoms with Crippen molar-refractivity contribution in [3.05, 3.63) is 63.9 Å². The van der Waals surface area contributed by atoms with Crippen LogP contribution in [0.1, 0.15) is 16.7 Å². The second-order valence-electron chi connectivity index (χ2n) is 4.49. The van der Waals surface area contributed by atoms with Gasteiger partial charge in [-0.2, -0.15) is 0 Å². The third kappa shape index (κ3) is 3.98. The van der Waals surface area contributed by atoms with Gasteiger partial charge in [0.1, 0.15) is 18.2 Å². The zero-order valence-electron chi connectivity index (χ0n) is 11.6. The van der Waals surface area contributed by atoms with Gasteiger partial charge in [-0.15, -0.1) is 0 Å². The molecule has 0 radical (unpaired) electrons. The van der Waals surface area contributed by atoms with E-state index in [0.29, 0.717) is 17.9 Å². The van der Waals surface area contributed by atoms with Gasteiger partial charge in [0, 0.05) is 11.1 Å². The van der Waals surface area contributed by atoms with Crippen molar-refractivity contribution in [2.45, 2.75) is 13.5 Å². The zero-order chi connectivity index (χ0) is 15.2. The molecule has 4 heteroatoms. The second kappa shape index (κ2) is 7.12. The third-order valence-corrected chi connectivity index (χ3v) is 3.22. The lowest BCUT2D eigenvalue weighted by Crippen LogP contribution is -2.00. The smallest absolute Gasteiger partial charge is 0.148 e. The van der Waals surface area contributed by atoms with E-state index in [1.807, 2.05) is 25.1 Å². The van der Waals surface area contributed by atoms with Gasteiger partial charge >= 0.3 is 0 Å². The Morgan fingerprint density at radius 2 is 2.10 bits per heavy atom. The lowest BCUT2D eigenvalue weighted by Gasteiger charge is -2.10. The summed E-state index contributed by atoms with van der Waals surface area (Å²) in [4.78, 5) is 0. The van der Waals surface area contributed by atoms with E-state index in [4.69, 9.17) is 22.1 Å². The first-order valence-corrected chi connectivity index (χ1v) is 6.85. The Morgan fingerprint density at radius 1 is 1.29 bits per heavy atom. The minimum Gasteiger partial charge on any atom is -0.489 e. The van der Waals surface area contributed by atoms with Crippen LogP contribution in [0.15, 0.2) is 36.4 Å². The standard InChI is InChI=1S/C17H15ClFNO/c1-12-10-13(4-3-9-20)7-8-16(12)21-11-14-5-2-6-15(18)17(14)19/h2,5-8,10H,9,11,20H2,1H3. The van der Waals surface area contributed by atoms with E-state index < -0.39 is 5.82 Å². The van der Waals surface area contributed by atoms with Crippen molar-refractivity contribution in [3.63, 3.8) is 0 Å². The van der Waals surface area contributed by atoms with Crippen LogP contribution in [0, 0.1) is 24.6 Å². The second-order valence-corrected chi connectivity index (χ2v) is 4.89. The number of hydrogen-bond acceptors (Lipinski definition) is 2. The molecule has 2 rings (SSSR count). The maximum Gasteiger partial charge on any atom is 0.148 e. The van der Waals surface area contributed by atoms with E-state index in [9.17, 15) is 4.39 Å². The van der Waals surface area contributed by atoms with E-state index in [2.05, 4.69) is 11.8 Å². The monoisotopic (exact) mass is 303 g/mol. The Kier molecular flexibility index (Phi) is 5.21. The summed E-state index contributed by atoms with van der Waals surface area (Å²) in [6.07, 6.45) is 0. The maximum absolute atomic E-state index is 13.8. The van der Waals surface area contributed by atoms with Gasteiger partial charge in [0.05, 0.1) is 11.6 Å². The van der Waals surface area contributed by atoms with Gasteiger partial charge in [0.25, 0.3) is 0 Å². The van der Waals surface area contributed by atoms with Crippen LogP contribution in [0.5, 0.6) is 5.75 Å². The van der Waals surface area contributed by atoms with Gasteiger partial charge in [-0.25, -0.2) is 4.39 Å². The molecule has 0 fully saturated rings. The largest absolute Gasteiger partial charge is 0.489 e. The molecule has 2 aromatic rings. The molecule has 0 heterocycles. The Balaban J connectivity index is 2.12. The molecule has 0 aliphatic heterocycles. The predicted molar refractivity (Wildman–Crippen MR) is 82.9 cm³/mol. The van der Waals surface area contributed by atoms with Crippen molar-refractivity contribution < 1.29 is 9.13 Å². The van der Waals surface area contributed by atoms with E-state index in [-0.39, 0.29) is 11.6 Å². The van der Waals surface area contributed by atoms with Crippen molar-refractivity contribution in [3.8, 4) is 17.6 Å². The fraction of sp³-hybridized carbons (Fsp3) is 0.176. The summed E-state index contributed by atoms with van der Waals surface area (Å²) >= 11 is 5.74. The van der Waals surface area contributed by atoms with Crippen LogP contribution in [0.4, 0.5) is 4.39 Å². The van der Waals surface area contributed by atoms with Crippen LogP contribution < -0.4 is 10.5 Å². The molecule has 0 saturated carbocycles. The van der Waals surface area contributed by atoms with Crippen molar-refractivity contribution in [2.75, 3.05) is 6.54 Å². The van der Waals surface area contributed by atoms with Crippen molar-refractivity contribution in [2.24, 2.45) is 5.73 Å². The van der Waals surface area contributed by atoms with Gasteiger partial charge in [-0.3, -0.25) is 0 Å². The predicted octanol–water partition coefficient (Wildman–Crippen LogP) is 3.68. The first-order chi connectivity index (χ1) is 10.1. The molecule has 0 bridgehead atoms. The molecule has 0 atom stereocenters. The molecule has 2 N–H and O–H groups in total. The molecule has 0 aliphatic carbocycles. The Morgan fingerprint density at radius 3 is 2.81 bits per heavy atom. The molecule has 2 nitrogen and oxygen atoms in total.